The van der Waals surface area contributed by atoms with Crippen LogP contribution < -0.4 is 11.2 Å². The van der Waals surface area contributed by atoms with Gasteiger partial charge in [-0.1, -0.05) is 0 Å². The molecule has 5 heteroatoms. The summed E-state index contributed by atoms with van der Waals surface area (Å²) in [4.78, 5) is 34.1. The number of rotatable bonds is 2. The standard InChI is InChI=1S/C11H14N2O3/c1-7(14)5-6-9-8(2)12(3)11(16)13(4)10(9)15/h5-6H,1-4H3/b6-5+. The quantitative estimate of drug-likeness (QED) is 0.661. The topological polar surface area (TPSA) is 61.1 Å². The molecule has 0 N–H and O–H groups in total. The van der Waals surface area contributed by atoms with Crippen molar-refractivity contribution in [1.82, 2.24) is 9.13 Å². The zero-order chi connectivity index (χ0) is 12.5. The summed E-state index contributed by atoms with van der Waals surface area (Å²) >= 11 is 0. The molecule has 0 saturated carbocycles. The number of hydrogen-bond donors (Lipinski definition) is 0. The number of allylic oxidation sites excluding steroid dienone is 1. The summed E-state index contributed by atoms with van der Waals surface area (Å²) in [6.07, 6.45) is 2.76. The first kappa shape index (κ1) is 12.2. The monoisotopic (exact) mass is 222 g/mol. The Morgan fingerprint density at radius 1 is 1.19 bits per heavy atom. The summed E-state index contributed by atoms with van der Waals surface area (Å²) < 4.78 is 2.40. The average molecular weight is 222 g/mol. The molecule has 0 aliphatic heterocycles. The lowest BCUT2D eigenvalue weighted by molar-refractivity contribution is -0.112. The summed E-state index contributed by atoms with van der Waals surface area (Å²) in [5.41, 5.74) is 0.144. The van der Waals surface area contributed by atoms with Crippen molar-refractivity contribution in [3.8, 4) is 0 Å². The third-order valence-corrected chi connectivity index (χ3v) is 2.49. The van der Waals surface area contributed by atoms with Crippen molar-refractivity contribution in [1.29, 1.82) is 0 Å². The minimum Gasteiger partial charge on any atom is -0.300 e. The minimum atomic E-state index is -0.391. The summed E-state index contributed by atoms with van der Waals surface area (Å²) in [5, 5.41) is 0. The largest absolute Gasteiger partial charge is 0.330 e. The lowest BCUT2D eigenvalue weighted by Crippen LogP contribution is -2.39. The van der Waals surface area contributed by atoms with Gasteiger partial charge in [-0.25, -0.2) is 4.79 Å². The van der Waals surface area contributed by atoms with Crippen molar-refractivity contribution in [2.24, 2.45) is 14.1 Å². The number of nitrogens with zero attached hydrogens (tertiary/aromatic N) is 2. The number of hydrogen-bond acceptors (Lipinski definition) is 3. The van der Waals surface area contributed by atoms with Crippen LogP contribution in [-0.4, -0.2) is 14.9 Å². The number of aromatic nitrogens is 2. The fourth-order valence-electron chi connectivity index (χ4n) is 1.36. The molecule has 0 saturated heterocycles. The summed E-state index contributed by atoms with van der Waals surface area (Å²) in [6.45, 7) is 3.07. The molecule has 16 heavy (non-hydrogen) atoms. The van der Waals surface area contributed by atoms with Crippen LogP contribution in [0.2, 0.25) is 0 Å². The van der Waals surface area contributed by atoms with Gasteiger partial charge in [0.2, 0.25) is 0 Å². The van der Waals surface area contributed by atoms with Crippen LogP contribution in [0.15, 0.2) is 15.7 Å². The molecule has 0 bridgehead atoms. The molecule has 0 atom stereocenters. The average Bonchev–Trinajstić information content (AvgIpc) is 2.23. The highest BCUT2D eigenvalue weighted by Crippen LogP contribution is 2.01. The molecule has 1 rings (SSSR count). The Kier molecular flexibility index (Phi) is 3.27. The Balaban J connectivity index is 3.59. The Bertz CT molecular complexity index is 576. The van der Waals surface area contributed by atoms with Gasteiger partial charge < -0.3 is 4.57 Å². The predicted molar refractivity (Wildman–Crippen MR) is 61.4 cm³/mol. The highest BCUT2D eigenvalue weighted by atomic mass is 16.2. The highest BCUT2D eigenvalue weighted by molar-refractivity contribution is 5.91. The summed E-state index contributed by atoms with van der Waals surface area (Å²) in [6, 6.07) is 0. The van der Waals surface area contributed by atoms with E-state index in [0.717, 1.165) is 4.57 Å². The molecule has 1 aromatic heterocycles. The summed E-state index contributed by atoms with van der Waals surface area (Å²) in [5.74, 6) is -0.143. The van der Waals surface area contributed by atoms with Gasteiger partial charge in [0.05, 0.1) is 5.56 Å². The van der Waals surface area contributed by atoms with Gasteiger partial charge in [-0.2, -0.15) is 0 Å². The van der Waals surface area contributed by atoms with Crippen LogP contribution >= 0.6 is 0 Å². The van der Waals surface area contributed by atoms with Crippen molar-refractivity contribution in [2.75, 3.05) is 0 Å². The van der Waals surface area contributed by atoms with Gasteiger partial charge >= 0.3 is 5.69 Å². The molecule has 0 amide bonds. The van der Waals surface area contributed by atoms with E-state index in [1.54, 1.807) is 14.0 Å². The Morgan fingerprint density at radius 2 is 1.75 bits per heavy atom. The molecule has 0 aromatic carbocycles. The molecule has 86 valence electrons. The van der Waals surface area contributed by atoms with Gasteiger partial charge in [-0.05, 0) is 26.0 Å². The molecular formula is C11H14N2O3. The smallest absolute Gasteiger partial charge is 0.300 e. The van der Waals surface area contributed by atoms with Crippen LogP contribution in [0.5, 0.6) is 0 Å². The van der Waals surface area contributed by atoms with E-state index < -0.39 is 5.56 Å². The first-order valence-corrected chi connectivity index (χ1v) is 4.81. The van der Waals surface area contributed by atoms with Crippen molar-refractivity contribution in [2.45, 2.75) is 13.8 Å². The van der Waals surface area contributed by atoms with Gasteiger partial charge in [0, 0.05) is 19.8 Å². The van der Waals surface area contributed by atoms with E-state index in [9.17, 15) is 14.4 Å². The van der Waals surface area contributed by atoms with Gasteiger partial charge in [0.25, 0.3) is 5.56 Å². The maximum Gasteiger partial charge on any atom is 0.330 e. The molecule has 0 fully saturated rings. The highest BCUT2D eigenvalue weighted by Gasteiger charge is 2.09. The second kappa shape index (κ2) is 4.30. The van der Waals surface area contributed by atoms with E-state index >= 15 is 0 Å². The van der Waals surface area contributed by atoms with Gasteiger partial charge in [-0.3, -0.25) is 14.2 Å². The van der Waals surface area contributed by atoms with Crippen molar-refractivity contribution >= 4 is 11.9 Å². The van der Waals surface area contributed by atoms with E-state index in [0.29, 0.717) is 11.3 Å². The Morgan fingerprint density at radius 3 is 2.25 bits per heavy atom. The molecule has 1 aromatic rings. The van der Waals surface area contributed by atoms with E-state index in [-0.39, 0.29) is 11.5 Å². The Hall–Kier alpha value is -1.91. The third-order valence-electron chi connectivity index (χ3n) is 2.49. The van der Waals surface area contributed by atoms with E-state index in [4.69, 9.17) is 0 Å². The van der Waals surface area contributed by atoms with E-state index in [1.165, 1.54) is 30.7 Å². The van der Waals surface area contributed by atoms with Gasteiger partial charge in [-0.15, -0.1) is 0 Å². The fourth-order valence-corrected chi connectivity index (χ4v) is 1.36. The van der Waals surface area contributed by atoms with Crippen molar-refractivity contribution in [3.63, 3.8) is 0 Å². The van der Waals surface area contributed by atoms with Crippen LogP contribution in [0.3, 0.4) is 0 Å². The molecule has 0 spiro atoms. The zero-order valence-corrected chi connectivity index (χ0v) is 9.77. The molecule has 0 unspecified atom stereocenters. The van der Waals surface area contributed by atoms with Crippen LogP contribution in [0.1, 0.15) is 18.2 Å². The predicted octanol–water partition coefficient (Wildman–Crippen LogP) is -0.00538. The molecular weight excluding hydrogens is 208 g/mol. The van der Waals surface area contributed by atoms with Crippen LogP contribution in [0.4, 0.5) is 0 Å². The Labute approximate surface area is 92.6 Å². The fraction of sp³-hybridized carbons (Fsp3) is 0.364. The lowest BCUT2D eigenvalue weighted by atomic mass is 10.2. The summed E-state index contributed by atoms with van der Waals surface area (Å²) in [7, 11) is 3.00. The van der Waals surface area contributed by atoms with Gasteiger partial charge in [0.1, 0.15) is 0 Å². The maximum absolute atomic E-state index is 11.8. The molecule has 0 aliphatic rings. The number of carbonyl (C=O) groups is 1. The van der Waals surface area contributed by atoms with E-state index in [1.807, 2.05) is 0 Å². The van der Waals surface area contributed by atoms with Crippen molar-refractivity contribution in [3.05, 3.63) is 38.2 Å². The van der Waals surface area contributed by atoms with E-state index in [2.05, 4.69) is 0 Å². The van der Waals surface area contributed by atoms with Crippen LogP contribution in [-0.2, 0) is 18.9 Å². The van der Waals surface area contributed by atoms with Crippen molar-refractivity contribution < 1.29 is 4.79 Å². The number of carbonyl (C=O) groups excluding carboxylic acids is 1. The molecule has 0 radical (unpaired) electrons. The lowest BCUT2D eigenvalue weighted by Gasteiger charge is -2.08. The molecule has 0 aliphatic carbocycles. The maximum atomic E-state index is 11.8. The second-order valence-electron chi connectivity index (χ2n) is 3.65. The minimum absolute atomic E-state index is 0.143. The molecule has 1 heterocycles. The SMILES string of the molecule is CC(=O)/C=C/c1c(C)n(C)c(=O)n(C)c1=O. The third kappa shape index (κ3) is 2.03. The first-order chi connectivity index (χ1) is 7.36. The second-order valence-corrected chi connectivity index (χ2v) is 3.65. The van der Waals surface area contributed by atoms with Gasteiger partial charge in [0.15, 0.2) is 5.78 Å². The zero-order valence-electron chi connectivity index (χ0n) is 9.77. The number of ketones is 1. The normalized spacial score (nSPS) is 11.0. The molecule has 5 nitrogen and oxygen atoms in total. The van der Waals surface area contributed by atoms with Crippen LogP contribution in [0, 0.1) is 6.92 Å². The first-order valence-electron chi connectivity index (χ1n) is 4.81. The van der Waals surface area contributed by atoms with Crippen LogP contribution in [0.25, 0.3) is 6.08 Å².